The molecule has 22 heavy (non-hydrogen) atoms. The van der Waals surface area contributed by atoms with Gasteiger partial charge in [0.15, 0.2) is 9.84 Å². The van der Waals surface area contributed by atoms with Crippen molar-refractivity contribution in [2.75, 3.05) is 18.1 Å². The molecule has 118 valence electrons. The number of fused-ring (bicyclic) bond motifs is 1. The predicted molar refractivity (Wildman–Crippen MR) is 86.7 cm³/mol. The molecule has 1 atom stereocenters. The third kappa shape index (κ3) is 2.63. The molecule has 0 N–H and O–H groups in total. The molecular formula is C16H20N2O3S. The van der Waals surface area contributed by atoms with Crippen molar-refractivity contribution < 1.29 is 13.2 Å². The van der Waals surface area contributed by atoms with Crippen molar-refractivity contribution in [2.24, 2.45) is 7.05 Å². The molecule has 0 aliphatic carbocycles. The third-order valence-electron chi connectivity index (χ3n) is 4.27. The Morgan fingerprint density at radius 3 is 2.77 bits per heavy atom. The van der Waals surface area contributed by atoms with Crippen molar-refractivity contribution >= 4 is 26.6 Å². The van der Waals surface area contributed by atoms with Crippen LogP contribution in [0.3, 0.4) is 0 Å². The van der Waals surface area contributed by atoms with E-state index in [9.17, 15) is 13.2 Å². The monoisotopic (exact) mass is 320 g/mol. The zero-order valence-corrected chi connectivity index (χ0v) is 13.6. The van der Waals surface area contributed by atoms with Crippen LogP contribution < -0.4 is 0 Å². The number of amides is 1. The van der Waals surface area contributed by atoms with E-state index in [1.54, 1.807) is 4.90 Å². The molecule has 1 amide bonds. The number of carbonyl (C=O) groups excluding carboxylic acids is 1. The number of rotatable bonds is 1. The van der Waals surface area contributed by atoms with Gasteiger partial charge in [-0.3, -0.25) is 4.79 Å². The molecule has 2 aromatic rings. The van der Waals surface area contributed by atoms with E-state index in [1.807, 2.05) is 49.0 Å². The molecule has 1 fully saturated rings. The Hall–Kier alpha value is -1.82. The number of aryl methyl sites for hydroxylation is 1. The van der Waals surface area contributed by atoms with E-state index in [0.29, 0.717) is 18.5 Å². The maximum atomic E-state index is 12.9. The summed E-state index contributed by atoms with van der Waals surface area (Å²) in [6, 6.07) is 7.47. The molecule has 0 saturated carbocycles. The number of nitrogens with zero attached hydrogens (tertiary/aromatic N) is 2. The van der Waals surface area contributed by atoms with Crippen LogP contribution in [0.15, 0.2) is 30.5 Å². The van der Waals surface area contributed by atoms with E-state index in [0.717, 1.165) is 10.9 Å². The van der Waals surface area contributed by atoms with Gasteiger partial charge in [-0.1, -0.05) is 18.2 Å². The van der Waals surface area contributed by atoms with Crippen LogP contribution in [0.5, 0.6) is 0 Å². The first kappa shape index (κ1) is 15.1. The second-order valence-corrected chi connectivity index (χ2v) is 8.22. The highest BCUT2D eigenvalue weighted by Crippen LogP contribution is 2.23. The van der Waals surface area contributed by atoms with E-state index in [-0.39, 0.29) is 23.5 Å². The zero-order chi connectivity index (χ0) is 15.9. The molecule has 3 rings (SSSR count). The van der Waals surface area contributed by atoms with Crippen molar-refractivity contribution in [3.63, 3.8) is 0 Å². The van der Waals surface area contributed by atoms with Crippen molar-refractivity contribution in [3.8, 4) is 0 Å². The second kappa shape index (κ2) is 5.43. The average molecular weight is 320 g/mol. The van der Waals surface area contributed by atoms with Crippen LogP contribution in [0, 0.1) is 0 Å². The fourth-order valence-electron chi connectivity index (χ4n) is 3.18. The first-order chi connectivity index (χ1) is 10.4. The van der Waals surface area contributed by atoms with Crippen molar-refractivity contribution in [2.45, 2.75) is 19.4 Å². The Kier molecular flexibility index (Phi) is 3.72. The lowest BCUT2D eigenvalue weighted by Gasteiger charge is -2.26. The minimum Gasteiger partial charge on any atom is -0.350 e. The number of hydrogen-bond donors (Lipinski definition) is 0. The minimum absolute atomic E-state index is 0.0451. The van der Waals surface area contributed by atoms with E-state index in [4.69, 9.17) is 0 Å². The maximum absolute atomic E-state index is 12.9. The fourth-order valence-corrected chi connectivity index (χ4v) is 4.84. The first-order valence-corrected chi connectivity index (χ1v) is 9.26. The molecular weight excluding hydrogens is 300 g/mol. The fraction of sp³-hybridized carbons (Fsp3) is 0.438. The van der Waals surface area contributed by atoms with Crippen LogP contribution in [0.4, 0.5) is 0 Å². The normalized spacial score (nSPS) is 21.7. The van der Waals surface area contributed by atoms with Gasteiger partial charge in [0.25, 0.3) is 5.91 Å². The highest BCUT2D eigenvalue weighted by Gasteiger charge is 2.30. The highest BCUT2D eigenvalue weighted by atomic mass is 32.2. The molecule has 1 unspecified atom stereocenters. The lowest BCUT2D eigenvalue weighted by Crippen LogP contribution is -2.40. The summed E-state index contributed by atoms with van der Waals surface area (Å²) < 4.78 is 25.7. The van der Waals surface area contributed by atoms with Crippen LogP contribution in [0.25, 0.3) is 10.9 Å². The van der Waals surface area contributed by atoms with Gasteiger partial charge in [0, 0.05) is 36.7 Å². The number of benzene rings is 1. The Labute approximate surface area is 130 Å². The van der Waals surface area contributed by atoms with Gasteiger partial charge in [-0.15, -0.1) is 0 Å². The number of carbonyl (C=O) groups is 1. The van der Waals surface area contributed by atoms with Crippen LogP contribution in [-0.2, 0) is 16.9 Å². The van der Waals surface area contributed by atoms with Gasteiger partial charge >= 0.3 is 0 Å². The predicted octanol–water partition coefficient (Wildman–Crippen LogP) is 1.83. The molecule has 1 saturated heterocycles. The molecule has 0 bridgehead atoms. The van der Waals surface area contributed by atoms with Crippen molar-refractivity contribution in [1.82, 2.24) is 9.47 Å². The summed E-state index contributed by atoms with van der Waals surface area (Å²) in [5, 5.41) is 0.911. The van der Waals surface area contributed by atoms with Gasteiger partial charge in [0.1, 0.15) is 0 Å². The third-order valence-corrected chi connectivity index (χ3v) is 6.17. The van der Waals surface area contributed by atoms with Gasteiger partial charge in [0.2, 0.25) is 0 Å². The Morgan fingerprint density at radius 1 is 1.27 bits per heavy atom. The summed E-state index contributed by atoms with van der Waals surface area (Å²) in [4.78, 5) is 14.6. The standard InChI is InChI=1S/C16H20N2O3S/c1-12-11-22(20,21)9-5-8-18(12)16(19)14-10-17(2)15-7-4-3-6-13(14)15/h3-4,6-7,10,12H,5,8-9,11H2,1-2H3. The van der Waals surface area contributed by atoms with E-state index < -0.39 is 9.84 Å². The van der Waals surface area contributed by atoms with E-state index in [1.165, 1.54) is 0 Å². The zero-order valence-electron chi connectivity index (χ0n) is 12.8. The van der Waals surface area contributed by atoms with Crippen LogP contribution >= 0.6 is 0 Å². The Morgan fingerprint density at radius 2 is 2.00 bits per heavy atom. The van der Waals surface area contributed by atoms with Crippen LogP contribution in [0.1, 0.15) is 23.7 Å². The van der Waals surface area contributed by atoms with E-state index in [2.05, 4.69) is 0 Å². The van der Waals surface area contributed by atoms with Crippen molar-refractivity contribution in [1.29, 1.82) is 0 Å². The number of sulfone groups is 1. The maximum Gasteiger partial charge on any atom is 0.256 e. The second-order valence-electron chi connectivity index (χ2n) is 5.99. The summed E-state index contributed by atoms with van der Waals surface area (Å²) in [5.41, 5.74) is 1.64. The number of para-hydroxylation sites is 1. The quantitative estimate of drug-likeness (QED) is 0.805. The summed E-state index contributed by atoms with van der Waals surface area (Å²) in [5.74, 6) is 0.126. The summed E-state index contributed by atoms with van der Waals surface area (Å²) in [7, 11) is -1.14. The lowest BCUT2D eigenvalue weighted by molar-refractivity contribution is 0.0714. The Balaban J connectivity index is 1.99. The molecule has 1 aromatic heterocycles. The lowest BCUT2D eigenvalue weighted by atomic mass is 10.1. The summed E-state index contributed by atoms with van der Waals surface area (Å²) in [6.07, 6.45) is 2.34. The SMILES string of the molecule is CC1CS(=O)(=O)CCCN1C(=O)c1cn(C)c2ccccc12. The number of aromatic nitrogens is 1. The van der Waals surface area contributed by atoms with Gasteiger partial charge < -0.3 is 9.47 Å². The topological polar surface area (TPSA) is 59.4 Å². The van der Waals surface area contributed by atoms with Crippen molar-refractivity contribution in [3.05, 3.63) is 36.0 Å². The smallest absolute Gasteiger partial charge is 0.256 e. The van der Waals surface area contributed by atoms with Gasteiger partial charge in [-0.05, 0) is 19.4 Å². The number of hydrogen-bond acceptors (Lipinski definition) is 3. The first-order valence-electron chi connectivity index (χ1n) is 7.44. The van der Waals surface area contributed by atoms with E-state index >= 15 is 0 Å². The molecule has 1 aromatic carbocycles. The molecule has 6 heteroatoms. The Bertz CT molecular complexity index is 823. The van der Waals surface area contributed by atoms with Crippen LogP contribution in [0.2, 0.25) is 0 Å². The average Bonchev–Trinajstić information content (AvgIpc) is 2.72. The van der Waals surface area contributed by atoms with Gasteiger partial charge in [-0.2, -0.15) is 0 Å². The minimum atomic E-state index is -3.05. The summed E-state index contributed by atoms with van der Waals surface area (Å²) in [6.45, 7) is 2.30. The van der Waals surface area contributed by atoms with Gasteiger partial charge in [-0.25, -0.2) is 8.42 Å². The van der Waals surface area contributed by atoms with Crippen LogP contribution in [-0.4, -0.2) is 47.9 Å². The van der Waals surface area contributed by atoms with Gasteiger partial charge in [0.05, 0.1) is 17.1 Å². The molecule has 0 spiro atoms. The summed E-state index contributed by atoms with van der Waals surface area (Å²) >= 11 is 0. The highest BCUT2D eigenvalue weighted by molar-refractivity contribution is 7.91. The molecule has 5 nitrogen and oxygen atoms in total. The molecule has 1 aliphatic rings. The molecule has 0 radical (unpaired) electrons. The molecule has 2 heterocycles. The molecule has 1 aliphatic heterocycles. The largest absolute Gasteiger partial charge is 0.350 e.